The Kier molecular flexibility index (Phi) is 6.60. The Bertz CT molecular complexity index is 969. The van der Waals surface area contributed by atoms with Crippen molar-refractivity contribution >= 4 is 11.8 Å². The second-order valence-electron chi connectivity index (χ2n) is 8.22. The molecule has 1 saturated heterocycles. The van der Waals surface area contributed by atoms with Gasteiger partial charge in [-0.3, -0.25) is 14.9 Å². The Morgan fingerprint density at radius 1 is 0.871 bits per heavy atom. The van der Waals surface area contributed by atoms with Gasteiger partial charge in [0.05, 0.1) is 0 Å². The number of carbonyl (C=O) groups is 2. The third kappa shape index (κ3) is 5.10. The average molecular weight is 419 g/mol. The first-order valence-electron chi connectivity index (χ1n) is 10.9. The second-order valence-corrected chi connectivity index (χ2v) is 8.22. The summed E-state index contributed by atoms with van der Waals surface area (Å²) >= 11 is 0. The molecule has 6 heteroatoms. The van der Waals surface area contributed by atoms with Crippen LogP contribution in [-0.4, -0.2) is 49.1 Å². The molecule has 0 bridgehead atoms. The van der Waals surface area contributed by atoms with Crippen LogP contribution in [0.2, 0.25) is 0 Å². The number of hydrogen-bond acceptors (Lipinski definition) is 2. The molecule has 0 spiro atoms. The van der Waals surface area contributed by atoms with Crippen molar-refractivity contribution in [1.82, 2.24) is 9.88 Å². The zero-order chi connectivity index (χ0) is 21.6. The van der Waals surface area contributed by atoms with E-state index < -0.39 is 0 Å². The van der Waals surface area contributed by atoms with Gasteiger partial charge in [-0.15, -0.1) is 0 Å². The van der Waals surface area contributed by atoms with E-state index in [0.29, 0.717) is 12.2 Å². The number of aromatic nitrogens is 1. The smallest absolute Gasteiger partial charge is 0.282 e. The van der Waals surface area contributed by atoms with Crippen molar-refractivity contribution in [2.45, 2.75) is 6.04 Å². The van der Waals surface area contributed by atoms with Gasteiger partial charge >= 0.3 is 0 Å². The second kappa shape index (κ2) is 9.73. The van der Waals surface area contributed by atoms with E-state index in [-0.39, 0.29) is 17.9 Å². The van der Waals surface area contributed by atoms with Crippen molar-refractivity contribution in [3.63, 3.8) is 0 Å². The van der Waals surface area contributed by atoms with Crippen molar-refractivity contribution in [2.24, 2.45) is 7.05 Å². The number of nitrogens with one attached hydrogen (secondary N) is 3. The minimum absolute atomic E-state index is 0.215. The van der Waals surface area contributed by atoms with Gasteiger partial charge in [0.2, 0.25) is 0 Å². The number of piperazine rings is 1. The van der Waals surface area contributed by atoms with E-state index >= 15 is 0 Å². The van der Waals surface area contributed by atoms with Crippen LogP contribution < -0.4 is 15.1 Å². The number of nitrogens with zero attached hydrogens (tertiary/aromatic N) is 1. The third-order valence-corrected chi connectivity index (χ3v) is 6.11. The Labute approximate surface area is 183 Å². The molecule has 0 saturated carbocycles. The zero-order valence-electron chi connectivity index (χ0n) is 17.9. The predicted molar refractivity (Wildman–Crippen MR) is 119 cm³/mol. The predicted octanol–water partition coefficient (Wildman–Crippen LogP) is -0.145. The van der Waals surface area contributed by atoms with Crippen LogP contribution in [0.25, 0.3) is 0 Å². The summed E-state index contributed by atoms with van der Waals surface area (Å²) in [6, 6.07) is 25.1. The van der Waals surface area contributed by atoms with Crippen molar-refractivity contribution in [1.29, 1.82) is 0 Å². The van der Waals surface area contributed by atoms with Gasteiger partial charge in [-0.2, -0.15) is 0 Å². The summed E-state index contributed by atoms with van der Waals surface area (Å²) in [6.07, 6.45) is 1.79. The minimum atomic E-state index is -0.339. The molecule has 160 valence electrons. The van der Waals surface area contributed by atoms with Gasteiger partial charge in [-0.05, 0) is 12.1 Å². The summed E-state index contributed by atoms with van der Waals surface area (Å²) in [6.45, 7) is 4.07. The fourth-order valence-electron chi connectivity index (χ4n) is 4.50. The molecule has 0 atom stereocenters. The van der Waals surface area contributed by atoms with Crippen molar-refractivity contribution in [2.75, 3.05) is 32.7 Å². The molecule has 2 amide bonds. The highest BCUT2D eigenvalue weighted by Gasteiger charge is 2.32. The first-order valence-corrected chi connectivity index (χ1v) is 10.9. The van der Waals surface area contributed by atoms with Crippen LogP contribution in [0.4, 0.5) is 0 Å². The summed E-state index contributed by atoms with van der Waals surface area (Å²) < 4.78 is 1.71. The molecule has 1 fully saturated rings. The van der Waals surface area contributed by atoms with E-state index in [2.05, 4.69) is 66.0 Å². The maximum Gasteiger partial charge on any atom is 0.282 e. The molecule has 1 aliphatic rings. The summed E-state index contributed by atoms with van der Waals surface area (Å²) in [7, 11) is 1.79. The lowest BCUT2D eigenvalue weighted by Gasteiger charge is -2.34. The molecule has 3 N–H and O–H groups in total. The lowest BCUT2D eigenvalue weighted by molar-refractivity contribution is -1.02. The Morgan fingerprint density at radius 2 is 1.45 bits per heavy atom. The van der Waals surface area contributed by atoms with Crippen molar-refractivity contribution in [3.8, 4) is 0 Å². The summed E-state index contributed by atoms with van der Waals surface area (Å²) in [5, 5.41) is 2.53. The average Bonchev–Trinajstić information content (AvgIpc) is 3.23. The maximum atomic E-state index is 12.4. The van der Waals surface area contributed by atoms with Gasteiger partial charge in [0.25, 0.3) is 11.8 Å². The standard InChI is InChI=1S/C25H28N4O2/c1-27-14-8-13-22(27)25(31)26-23(30)19-28-15-17-29(18-16-28)24(20-9-4-2-5-10-20)21-11-6-3-7-12-21/h2-14,24H,15-19H2,1H3,(H,26,30,31)/p+2. The van der Waals surface area contributed by atoms with E-state index in [9.17, 15) is 9.59 Å². The highest BCUT2D eigenvalue weighted by atomic mass is 16.2. The largest absolute Gasteiger partial charge is 0.347 e. The van der Waals surface area contributed by atoms with Gasteiger partial charge in [0.1, 0.15) is 37.9 Å². The molecule has 0 aliphatic carbocycles. The Morgan fingerprint density at radius 3 is 1.97 bits per heavy atom. The summed E-state index contributed by atoms with van der Waals surface area (Å²) in [5.74, 6) is -0.554. The normalized spacial score (nSPS) is 18.6. The van der Waals surface area contributed by atoms with Gasteiger partial charge in [0, 0.05) is 24.4 Å². The number of aryl methyl sites for hydroxylation is 1. The SMILES string of the molecule is Cn1cccc1C(=O)NC(=O)C[NH+]1CC[NH+](C(c2ccccc2)c2ccccc2)CC1. The highest BCUT2D eigenvalue weighted by Crippen LogP contribution is 2.18. The Balaban J connectivity index is 1.36. The van der Waals surface area contributed by atoms with Crippen molar-refractivity contribution in [3.05, 3.63) is 95.8 Å². The number of imide groups is 1. The number of quaternary nitrogens is 2. The fraction of sp³-hybridized carbons (Fsp3) is 0.280. The molecule has 4 rings (SSSR count). The van der Waals surface area contributed by atoms with E-state index in [1.807, 2.05) is 0 Å². The lowest BCUT2D eigenvalue weighted by Crippen LogP contribution is -3.28. The number of benzene rings is 2. The Hall–Kier alpha value is -3.22. The van der Waals surface area contributed by atoms with Gasteiger partial charge < -0.3 is 14.4 Å². The van der Waals surface area contributed by atoms with E-state index in [1.165, 1.54) is 20.9 Å². The van der Waals surface area contributed by atoms with Crippen molar-refractivity contribution < 1.29 is 19.4 Å². The molecule has 31 heavy (non-hydrogen) atoms. The quantitative estimate of drug-likeness (QED) is 0.522. The molecule has 6 nitrogen and oxygen atoms in total. The number of carbonyl (C=O) groups excluding carboxylic acids is 2. The fourth-order valence-corrected chi connectivity index (χ4v) is 4.50. The highest BCUT2D eigenvalue weighted by molar-refractivity contribution is 6.04. The molecule has 2 aromatic carbocycles. The topological polar surface area (TPSA) is 60.0 Å². The molecule has 0 unspecified atom stereocenters. The first kappa shape index (κ1) is 21.0. The number of rotatable bonds is 6. The van der Waals surface area contributed by atoms with E-state index in [0.717, 1.165) is 26.2 Å². The van der Waals surface area contributed by atoms with E-state index in [1.54, 1.807) is 29.9 Å². The molecule has 1 aromatic heterocycles. The monoisotopic (exact) mass is 418 g/mol. The molecule has 0 radical (unpaired) electrons. The van der Waals surface area contributed by atoms with Crippen LogP contribution >= 0.6 is 0 Å². The van der Waals surface area contributed by atoms with Crippen LogP contribution in [0, 0.1) is 0 Å². The van der Waals surface area contributed by atoms with Gasteiger partial charge in [-0.1, -0.05) is 60.7 Å². The maximum absolute atomic E-state index is 12.4. The molecule has 1 aliphatic heterocycles. The van der Waals surface area contributed by atoms with Crippen LogP contribution in [0.15, 0.2) is 79.0 Å². The number of hydrogen-bond donors (Lipinski definition) is 3. The van der Waals surface area contributed by atoms with Crippen LogP contribution in [0.5, 0.6) is 0 Å². The zero-order valence-corrected chi connectivity index (χ0v) is 17.9. The van der Waals surface area contributed by atoms with Crippen LogP contribution in [0.1, 0.15) is 27.7 Å². The first-order chi connectivity index (χ1) is 15.1. The van der Waals surface area contributed by atoms with Gasteiger partial charge in [-0.25, -0.2) is 0 Å². The minimum Gasteiger partial charge on any atom is -0.347 e. The van der Waals surface area contributed by atoms with E-state index in [4.69, 9.17) is 0 Å². The molecule has 2 heterocycles. The summed E-state index contributed by atoms with van der Waals surface area (Å²) in [4.78, 5) is 27.4. The molecular formula is C25H30N4O2+2. The van der Waals surface area contributed by atoms with Gasteiger partial charge in [0.15, 0.2) is 6.54 Å². The molecular weight excluding hydrogens is 388 g/mol. The number of amides is 2. The molecule has 3 aromatic rings. The van der Waals surface area contributed by atoms with Crippen LogP contribution in [0.3, 0.4) is 0 Å². The third-order valence-electron chi connectivity index (χ3n) is 6.11. The van der Waals surface area contributed by atoms with Crippen LogP contribution in [-0.2, 0) is 11.8 Å². The summed E-state index contributed by atoms with van der Waals surface area (Å²) in [5.41, 5.74) is 3.13. The lowest BCUT2D eigenvalue weighted by atomic mass is 9.96.